The molecule has 0 aromatic heterocycles. The Morgan fingerprint density at radius 2 is 0.571 bits per heavy atom. The third-order valence-corrected chi connectivity index (χ3v) is 8.58. The molecule has 240 valence electrons. The molecule has 1 N–H and O–H groups in total. The molecule has 0 saturated heterocycles. The van der Waals surface area contributed by atoms with E-state index in [1.807, 2.05) is 76.2 Å². The van der Waals surface area contributed by atoms with Crippen LogP contribution in [0.5, 0.6) is 0 Å². The Balaban J connectivity index is 1.45. The standard InChI is InChI=1S/C44H35NO4/c1-27-5-13-31(14-6-27)41(46)35-21-23-39(37(25-35)43(48)33-17-9-29(3)10-18-33)45-40-24-22-36(42(47)32-15-7-28(2)8-16-32)26-38(40)44(49)34-19-11-30(4)12-20-34/h5-26,45H,1-4H3. The molecule has 0 aliphatic rings. The first-order chi connectivity index (χ1) is 23.6. The fourth-order valence-electron chi connectivity index (χ4n) is 5.57. The number of hydrogen-bond donors (Lipinski definition) is 1. The summed E-state index contributed by atoms with van der Waals surface area (Å²) in [5.41, 5.74) is 8.15. The number of carbonyl (C=O) groups excluding carboxylic acids is 4. The molecule has 0 saturated carbocycles. The summed E-state index contributed by atoms with van der Waals surface area (Å²) in [7, 11) is 0. The highest BCUT2D eigenvalue weighted by molar-refractivity contribution is 6.18. The van der Waals surface area contributed by atoms with Gasteiger partial charge in [0.2, 0.25) is 0 Å². The lowest BCUT2D eigenvalue weighted by Crippen LogP contribution is -2.12. The van der Waals surface area contributed by atoms with Gasteiger partial charge in [0, 0.05) is 55.9 Å². The van der Waals surface area contributed by atoms with Crippen LogP contribution in [0.2, 0.25) is 0 Å². The van der Waals surface area contributed by atoms with Crippen LogP contribution in [-0.2, 0) is 0 Å². The predicted octanol–water partition coefficient (Wildman–Crippen LogP) is 9.59. The lowest BCUT2D eigenvalue weighted by molar-refractivity contribution is 0.102. The maximum atomic E-state index is 14.1. The van der Waals surface area contributed by atoms with Crippen LogP contribution in [0.15, 0.2) is 133 Å². The van der Waals surface area contributed by atoms with Gasteiger partial charge in [0.05, 0.1) is 0 Å². The van der Waals surface area contributed by atoms with Crippen molar-refractivity contribution in [2.75, 3.05) is 5.32 Å². The normalized spacial score (nSPS) is 10.8. The molecule has 0 radical (unpaired) electrons. The number of hydrogen-bond acceptors (Lipinski definition) is 5. The number of ketones is 4. The van der Waals surface area contributed by atoms with E-state index in [2.05, 4.69) is 5.32 Å². The molecule has 6 rings (SSSR count). The average Bonchev–Trinajstić information content (AvgIpc) is 3.12. The second-order valence-electron chi connectivity index (χ2n) is 12.4. The van der Waals surface area contributed by atoms with Crippen molar-refractivity contribution < 1.29 is 19.2 Å². The molecule has 0 amide bonds. The smallest absolute Gasteiger partial charge is 0.195 e. The first-order valence-electron chi connectivity index (χ1n) is 16.1. The molecule has 6 aromatic carbocycles. The zero-order valence-electron chi connectivity index (χ0n) is 27.8. The van der Waals surface area contributed by atoms with Gasteiger partial charge in [-0.3, -0.25) is 19.2 Å². The molecule has 0 spiro atoms. The van der Waals surface area contributed by atoms with Crippen molar-refractivity contribution in [1.29, 1.82) is 0 Å². The van der Waals surface area contributed by atoms with Crippen LogP contribution in [0.25, 0.3) is 0 Å². The van der Waals surface area contributed by atoms with Crippen molar-refractivity contribution in [2.45, 2.75) is 27.7 Å². The second kappa shape index (κ2) is 13.9. The maximum Gasteiger partial charge on any atom is 0.195 e. The predicted molar refractivity (Wildman–Crippen MR) is 195 cm³/mol. The number of carbonyl (C=O) groups is 4. The molecule has 0 atom stereocenters. The monoisotopic (exact) mass is 641 g/mol. The quantitative estimate of drug-likeness (QED) is 0.151. The number of anilines is 2. The molecule has 5 nitrogen and oxygen atoms in total. The minimum absolute atomic E-state index is 0.210. The van der Waals surface area contributed by atoms with Gasteiger partial charge in [-0.2, -0.15) is 0 Å². The number of aryl methyl sites for hydroxylation is 4. The molecular formula is C44H35NO4. The zero-order chi connectivity index (χ0) is 34.7. The first-order valence-corrected chi connectivity index (χ1v) is 16.1. The SMILES string of the molecule is Cc1ccc(C(=O)c2ccc(Nc3ccc(C(=O)c4ccc(C)cc4)cc3C(=O)c3ccc(C)cc3)c(C(=O)c3ccc(C)cc3)c2)cc1. The van der Waals surface area contributed by atoms with Crippen molar-refractivity contribution in [2.24, 2.45) is 0 Å². The summed E-state index contributed by atoms with van der Waals surface area (Å²) in [6.07, 6.45) is 0. The van der Waals surface area contributed by atoms with Gasteiger partial charge in [-0.25, -0.2) is 0 Å². The topological polar surface area (TPSA) is 80.3 Å². The van der Waals surface area contributed by atoms with Gasteiger partial charge in [0.1, 0.15) is 0 Å². The van der Waals surface area contributed by atoms with E-state index in [9.17, 15) is 19.2 Å². The Kier molecular flexibility index (Phi) is 9.27. The Bertz CT molecular complexity index is 2050. The van der Waals surface area contributed by atoms with Gasteiger partial charge in [0.15, 0.2) is 23.1 Å². The lowest BCUT2D eigenvalue weighted by atomic mass is 9.93. The van der Waals surface area contributed by atoms with E-state index in [4.69, 9.17) is 0 Å². The molecule has 6 aromatic rings. The van der Waals surface area contributed by atoms with E-state index in [-0.39, 0.29) is 34.3 Å². The summed E-state index contributed by atoms with van der Waals surface area (Å²) in [5, 5.41) is 3.33. The van der Waals surface area contributed by atoms with E-state index >= 15 is 0 Å². The van der Waals surface area contributed by atoms with Gasteiger partial charge in [0.25, 0.3) is 0 Å². The second-order valence-corrected chi connectivity index (χ2v) is 12.4. The molecule has 0 bridgehead atoms. The van der Waals surface area contributed by atoms with Crippen molar-refractivity contribution in [1.82, 2.24) is 0 Å². The van der Waals surface area contributed by atoms with Crippen molar-refractivity contribution in [3.05, 3.63) is 200 Å². The minimum atomic E-state index is -0.279. The van der Waals surface area contributed by atoms with Gasteiger partial charge in [-0.1, -0.05) is 119 Å². The third-order valence-electron chi connectivity index (χ3n) is 8.58. The van der Waals surface area contributed by atoms with E-state index in [0.29, 0.717) is 44.8 Å². The highest BCUT2D eigenvalue weighted by Crippen LogP contribution is 2.30. The van der Waals surface area contributed by atoms with Crippen molar-refractivity contribution >= 4 is 34.5 Å². The highest BCUT2D eigenvalue weighted by Gasteiger charge is 2.22. The van der Waals surface area contributed by atoms with Gasteiger partial charge < -0.3 is 5.32 Å². The van der Waals surface area contributed by atoms with Crippen molar-refractivity contribution in [3.8, 4) is 0 Å². The summed E-state index contributed by atoms with van der Waals surface area (Å²) in [4.78, 5) is 55.2. The summed E-state index contributed by atoms with van der Waals surface area (Å²) in [5.74, 6) is -0.977. The van der Waals surface area contributed by atoms with Crippen LogP contribution in [0.4, 0.5) is 11.4 Å². The van der Waals surface area contributed by atoms with Crippen LogP contribution in [0, 0.1) is 27.7 Å². The number of rotatable bonds is 10. The summed E-state index contributed by atoms with van der Waals surface area (Å²) < 4.78 is 0. The Hall–Kier alpha value is -6.20. The number of benzene rings is 6. The summed E-state index contributed by atoms with van der Waals surface area (Å²) in [6, 6.07) is 39.0. The first kappa shape index (κ1) is 32.7. The zero-order valence-corrected chi connectivity index (χ0v) is 27.8. The molecule has 0 unspecified atom stereocenters. The largest absolute Gasteiger partial charge is 0.354 e. The van der Waals surface area contributed by atoms with Crippen LogP contribution in [-0.4, -0.2) is 23.1 Å². The number of nitrogens with one attached hydrogen (secondary N) is 1. The molecule has 0 aliphatic heterocycles. The van der Waals surface area contributed by atoms with Crippen LogP contribution >= 0.6 is 0 Å². The average molecular weight is 642 g/mol. The third kappa shape index (κ3) is 7.21. The minimum Gasteiger partial charge on any atom is -0.354 e. The van der Waals surface area contributed by atoms with Crippen LogP contribution in [0.3, 0.4) is 0 Å². The highest BCUT2D eigenvalue weighted by atomic mass is 16.1. The molecular weight excluding hydrogens is 606 g/mol. The van der Waals surface area contributed by atoms with E-state index in [1.54, 1.807) is 84.9 Å². The van der Waals surface area contributed by atoms with E-state index in [1.165, 1.54) is 0 Å². The van der Waals surface area contributed by atoms with Gasteiger partial charge in [-0.15, -0.1) is 0 Å². The van der Waals surface area contributed by atoms with Crippen molar-refractivity contribution in [3.63, 3.8) is 0 Å². The molecule has 0 fully saturated rings. The van der Waals surface area contributed by atoms with Crippen LogP contribution in [0.1, 0.15) is 85.9 Å². The molecule has 5 heteroatoms. The van der Waals surface area contributed by atoms with Gasteiger partial charge >= 0.3 is 0 Å². The van der Waals surface area contributed by atoms with Crippen LogP contribution < -0.4 is 5.32 Å². The maximum absolute atomic E-state index is 14.1. The van der Waals surface area contributed by atoms with Gasteiger partial charge in [-0.05, 0) is 64.1 Å². The fraction of sp³-hybridized carbons (Fsp3) is 0.0909. The Morgan fingerprint density at radius 3 is 0.857 bits per heavy atom. The summed E-state index contributed by atoms with van der Waals surface area (Å²) in [6.45, 7) is 7.80. The van der Waals surface area contributed by atoms with E-state index in [0.717, 1.165) is 22.3 Å². The fourth-order valence-corrected chi connectivity index (χ4v) is 5.57. The Morgan fingerprint density at radius 1 is 0.327 bits per heavy atom. The molecule has 0 heterocycles. The molecule has 49 heavy (non-hydrogen) atoms. The molecule has 0 aliphatic carbocycles. The lowest BCUT2D eigenvalue weighted by Gasteiger charge is -2.17. The Labute approximate surface area is 286 Å². The summed E-state index contributed by atoms with van der Waals surface area (Å²) >= 11 is 0. The van der Waals surface area contributed by atoms with E-state index < -0.39 is 0 Å².